The molecule has 104 valence electrons. The van der Waals surface area contributed by atoms with Crippen molar-refractivity contribution < 1.29 is 9.36 Å². The average molecular weight is 277 g/mol. The third kappa shape index (κ3) is 3.45. The van der Waals surface area contributed by atoms with Crippen LogP contribution < -0.4 is 9.88 Å². The van der Waals surface area contributed by atoms with Gasteiger partial charge in [-0.15, -0.1) is 0 Å². The molecule has 0 bridgehead atoms. The summed E-state index contributed by atoms with van der Waals surface area (Å²) >= 11 is 0. The summed E-state index contributed by atoms with van der Waals surface area (Å²) in [6.45, 7) is 0.894. The first kappa shape index (κ1) is 13.3. The second-order valence-electron chi connectivity index (χ2n) is 5.01. The minimum Gasteiger partial charge on any atom is -0.347 e. The highest BCUT2D eigenvalue weighted by Crippen LogP contribution is 2.09. The SMILES string of the molecule is O=C(C[n+]1ccc2ccccc2c1)NCc1ccccc1. The number of hydrogen-bond donors (Lipinski definition) is 1. The van der Waals surface area contributed by atoms with Crippen molar-refractivity contribution in [1.82, 2.24) is 5.32 Å². The summed E-state index contributed by atoms with van der Waals surface area (Å²) in [5.41, 5.74) is 1.11. The second kappa shape index (κ2) is 6.18. The van der Waals surface area contributed by atoms with E-state index in [0.717, 1.165) is 10.9 Å². The number of benzene rings is 2. The number of nitrogens with zero attached hydrogens (tertiary/aromatic N) is 1. The highest BCUT2D eigenvalue weighted by atomic mass is 16.1. The molecular weight excluding hydrogens is 260 g/mol. The van der Waals surface area contributed by atoms with Crippen molar-refractivity contribution in [2.45, 2.75) is 13.1 Å². The van der Waals surface area contributed by atoms with E-state index in [4.69, 9.17) is 0 Å². The predicted molar refractivity (Wildman–Crippen MR) is 82.4 cm³/mol. The Kier molecular flexibility index (Phi) is 3.92. The van der Waals surface area contributed by atoms with E-state index in [9.17, 15) is 4.79 Å². The molecule has 3 rings (SSSR count). The van der Waals surface area contributed by atoms with Crippen molar-refractivity contribution in [3.63, 3.8) is 0 Å². The fourth-order valence-corrected chi connectivity index (χ4v) is 2.29. The molecule has 21 heavy (non-hydrogen) atoms. The monoisotopic (exact) mass is 277 g/mol. The van der Waals surface area contributed by atoms with E-state index in [1.807, 2.05) is 71.6 Å². The summed E-state index contributed by atoms with van der Waals surface area (Å²) in [4.78, 5) is 12.0. The molecule has 1 heterocycles. The van der Waals surface area contributed by atoms with Gasteiger partial charge in [-0.1, -0.05) is 48.5 Å². The molecule has 0 spiro atoms. The Bertz CT molecular complexity index is 753. The molecule has 3 aromatic rings. The van der Waals surface area contributed by atoms with Gasteiger partial charge in [-0.2, -0.15) is 4.57 Å². The van der Waals surface area contributed by atoms with Crippen LogP contribution in [0.4, 0.5) is 0 Å². The highest BCUT2D eigenvalue weighted by Gasteiger charge is 2.09. The Morgan fingerprint density at radius 3 is 2.43 bits per heavy atom. The van der Waals surface area contributed by atoms with Crippen LogP contribution in [0.25, 0.3) is 10.8 Å². The Morgan fingerprint density at radius 1 is 0.905 bits per heavy atom. The van der Waals surface area contributed by atoms with Crippen LogP contribution in [0.3, 0.4) is 0 Å². The number of hydrogen-bond acceptors (Lipinski definition) is 1. The zero-order valence-electron chi connectivity index (χ0n) is 11.7. The molecule has 3 heteroatoms. The first-order valence-corrected chi connectivity index (χ1v) is 7.00. The maximum atomic E-state index is 12.0. The summed E-state index contributed by atoms with van der Waals surface area (Å²) < 4.78 is 1.91. The van der Waals surface area contributed by atoms with Gasteiger partial charge in [0.05, 0.1) is 0 Å². The Balaban J connectivity index is 1.63. The van der Waals surface area contributed by atoms with Crippen LogP contribution in [-0.4, -0.2) is 5.91 Å². The smallest absolute Gasteiger partial charge is 0.286 e. The maximum absolute atomic E-state index is 12.0. The van der Waals surface area contributed by atoms with Gasteiger partial charge in [0.1, 0.15) is 0 Å². The number of pyridine rings is 1. The number of carbonyl (C=O) groups excluding carboxylic acids is 1. The van der Waals surface area contributed by atoms with Crippen LogP contribution in [0.5, 0.6) is 0 Å². The molecule has 0 fully saturated rings. The van der Waals surface area contributed by atoms with Gasteiger partial charge >= 0.3 is 0 Å². The van der Waals surface area contributed by atoms with Crippen LogP contribution in [0.2, 0.25) is 0 Å². The number of rotatable bonds is 4. The number of fused-ring (bicyclic) bond motifs is 1. The lowest BCUT2D eigenvalue weighted by Gasteiger charge is -2.03. The quantitative estimate of drug-likeness (QED) is 0.730. The van der Waals surface area contributed by atoms with Crippen LogP contribution in [0.15, 0.2) is 73.1 Å². The number of carbonyl (C=O) groups is 1. The largest absolute Gasteiger partial charge is 0.347 e. The third-order valence-corrected chi connectivity index (χ3v) is 3.41. The normalized spacial score (nSPS) is 10.5. The van der Waals surface area contributed by atoms with E-state index in [2.05, 4.69) is 11.4 Å². The Hall–Kier alpha value is -2.68. The first-order valence-electron chi connectivity index (χ1n) is 7.00. The molecule has 0 unspecified atom stereocenters. The van der Waals surface area contributed by atoms with Gasteiger partial charge in [0.15, 0.2) is 12.4 Å². The van der Waals surface area contributed by atoms with Crippen LogP contribution >= 0.6 is 0 Å². The van der Waals surface area contributed by atoms with Crippen LogP contribution in [0.1, 0.15) is 5.56 Å². The zero-order chi connectivity index (χ0) is 14.5. The fraction of sp³-hybridized carbons (Fsp3) is 0.111. The van der Waals surface area contributed by atoms with Gasteiger partial charge in [-0.3, -0.25) is 4.79 Å². The third-order valence-electron chi connectivity index (χ3n) is 3.41. The van der Waals surface area contributed by atoms with E-state index in [0.29, 0.717) is 13.1 Å². The molecule has 2 aromatic carbocycles. The molecule has 0 aliphatic heterocycles. The summed E-state index contributed by atoms with van der Waals surface area (Å²) in [7, 11) is 0. The van der Waals surface area contributed by atoms with Gasteiger partial charge in [0.2, 0.25) is 6.54 Å². The van der Waals surface area contributed by atoms with Crippen molar-refractivity contribution >= 4 is 16.7 Å². The lowest BCUT2D eigenvalue weighted by Crippen LogP contribution is -2.42. The topological polar surface area (TPSA) is 33.0 Å². The summed E-state index contributed by atoms with van der Waals surface area (Å²) in [5, 5.41) is 5.25. The molecule has 0 radical (unpaired) electrons. The summed E-state index contributed by atoms with van der Waals surface area (Å²) in [6.07, 6.45) is 3.93. The molecule has 3 nitrogen and oxygen atoms in total. The van der Waals surface area contributed by atoms with E-state index >= 15 is 0 Å². The number of nitrogens with one attached hydrogen (secondary N) is 1. The molecule has 0 atom stereocenters. The molecule has 0 saturated heterocycles. The Labute approximate surface area is 123 Å². The van der Waals surface area contributed by atoms with Crippen molar-refractivity contribution in [3.05, 3.63) is 78.6 Å². The maximum Gasteiger partial charge on any atom is 0.286 e. The Morgan fingerprint density at radius 2 is 1.62 bits per heavy atom. The van der Waals surface area contributed by atoms with Crippen molar-refractivity contribution in [1.29, 1.82) is 0 Å². The van der Waals surface area contributed by atoms with E-state index in [1.54, 1.807) is 0 Å². The molecule has 1 N–H and O–H groups in total. The van der Waals surface area contributed by atoms with Gasteiger partial charge in [-0.05, 0) is 17.0 Å². The van der Waals surface area contributed by atoms with Crippen LogP contribution in [0, 0.1) is 0 Å². The van der Waals surface area contributed by atoms with Gasteiger partial charge in [-0.25, -0.2) is 0 Å². The fourth-order valence-electron chi connectivity index (χ4n) is 2.29. The zero-order valence-corrected chi connectivity index (χ0v) is 11.7. The van der Waals surface area contributed by atoms with Crippen LogP contribution in [-0.2, 0) is 17.9 Å². The van der Waals surface area contributed by atoms with E-state index in [1.165, 1.54) is 5.39 Å². The lowest BCUT2D eigenvalue weighted by molar-refractivity contribution is -0.683. The van der Waals surface area contributed by atoms with Crippen molar-refractivity contribution in [2.75, 3.05) is 0 Å². The van der Waals surface area contributed by atoms with Gasteiger partial charge < -0.3 is 5.32 Å². The minimum atomic E-state index is 0.0131. The molecule has 1 amide bonds. The standard InChI is InChI=1S/C18H16N2O/c21-18(19-12-15-6-2-1-3-7-15)14-20-11-10-16-8-4-5-9-17(16)13-20/h1-11,13H,12,14H2/p+1. The molecular formula is C18H17N2O+. The van der Waals surface area contributed by atoms with Crippen molar-refractivity contribution in [2.24, 2.45) is 0 Å². The number of amides is 1. The van der Waals surface area contributed by atoms with Crippen molar-refractivity contribution in [3.8, 4) is 0 Å². The summed E-state index contributed by atoms with van der Waals surface area (Å²) in [5.74, 6) is 0.0131. The first-order chi connectivity index (χ1) is 10.3. The van der Waals surface area contributed by atoms with Gasteiger partial charge in [0.25, 0.3) is 5.91 Å². The minimum absolute atomic E-state index is 0.0131. The molecule has 0 aliphatic carbocycles. The summed E-state index contributed by atoms with van der Waals surface area (Å²) in [6, 6.07) is 20.1. The average Bonchev–Trinajstić information content (AvgIpc) is 2.54. The molecule has 0 saturated carbocycles. The lowest BCUT2D eigenvalue weighted by atomic mass is 10.2. The second-order valence-corrected chi connectivity index (χ2v) is 5.01. The van der Waals surface area contributed by atoms with Gasteiger partial charge in [0, 0.05) is 18.0 Å². The van der Waals surface area contributed by atoms with E-state index in [-0.39, 0.29) is 5.91 Å². The van der Waals surface area contributed by atoms with E-state index < -0.39 is 0 Å². The molecule has 0 aliphatic rings. The predicted octanol–water partition coefficient (Wildman–Crippen LogP) is 2.44. The highest BCUT2D eigenvalue weighted by molar-refractivity contribution is 5.80. The molecule has 1 aromatic heterocycles. The number of aromatic nitrogens is 1.